The second-order valence-electron chi connectivity index (χ2n) is 6.94. The van der Waals surface area contributed by atoms with Crippen LogP contribution in [0.4, 0.5) is 0 Å². The van der Waals surface area contributed by atoms with E-state index in [1.165, 1.54) is 34.8 Å². The summed E-state index contributed by atoms with van der Waals surface area (Å²) in [5.41, 5.74) is 1.16. The molecule has 0 unspecified atom stereocenters. The molecule has 1 saturated heterocycles. The minimum Gasteiger partial charge on any atom is -0.381 e. The third-order valence-corrected chi connectivity index (χ3v) is 6.38. The highest BCUT2D eigenvalue weighted by atomic mass is 127. The van der Waals surface area contributed by atoms with E-state index in [9.17, 15) is 0 Å². The Hall–Kier alpha value is -0.450. The molecular weight excluding hydrogens is 463 g/mol. The number of hydrogen-bond donors (Lipinski definition) is 1. The fourth-order valence-corrected chi connectivity index (χ4v) is 4.78. The zero-order chi connectivity index (χ0) is 17.7. The predicted octanol–water partition coefficient (Wildman–Crippen LogP) is 2.84. The van der Waals surface area contributed by atoms with Crippen LogP contribution in [-0.4, -0.2) is 62.4 Å². The Labute approximate surface area is 177 Å². The number of nitrogens with one attached hydrogen (secondary N) is 1. The maximum atomic E-state index is 5.80. The monoisotopic (exact) mass is 494 g/mol. The molecule has 1 aromatic rings. The minimum atomic E-state index is -0.157. The smallest absolute Gasteiger partial charge is 0.193 e. The van der Waals surface area contributed by atoms with Crippen LogP contribution < -0.4 is 5.32 Å². The van der Waals surface area contributed by atoms with Crippen molar-refractivity contribution in [3.05, 3.63) is 15.6 Å². The minimum absolute atomic E-state index is 0. The number of halogens is 1. The molecule has 0 bridgehead atoms. The number of fused-ring (bicyclic) bond motifs is 1. The van der Waals surface area contributed by atoms with Gasteiger partial charge in [-0.3, -0.25) is 4.99 Å². The average molecular weight is 494 g/mol. The molecule has 0 amide bonds. The molecule has 1 aliphatic heterocycles. The Morgan fingerprint density at radius 1 is 1.35 bits per heavy atom. The Bertz CT molecular complexity index is 579. The number of aryl methyl sites for hydroxylation is 2. The molecule has 1 aromatic heterocycles. The molecule has 148 valence electrons. The quantitative estimate of drug-likeness (QED) is 0.388. The van der Waals surface area contributed by atoms with Crippen molar-refractivity contribution >= 4 is 41.3 Å². The fourth-order valence-electron chi connectivity index (χ4n) is 3.57. The Morgan fingerprint density at radius 2 is 2.08 bits per heavy atom. The van der Waals surface area contributed by atoms with Gasteiger partial charge in [0.05, 0.1) is 17.8 Å². The fraction of sp³-hybridized carbons (Fsp3) is 0.778. The zero-order valence-electron chi connectivity index (χ0n) is 16.0. The van der Waals surface area contributed by atoms with E-state index >= 15 is 0 Å². The van der Waals surface area contributed by atoms with Crippen LogP contribution >= 0.6 is 35.3 Å². The van der Waals surface area contributed by atoms with Crippen molar-refractivity contribution in [3.8, 4) is 0 Å². The number of hydrogen-bond acceptors (Lipinski definition) is 5. The maximum absolute atomic E-state index is 5.80. The molecule has 6 nitrogen and oxygen atoms in total. The first-order valence-electron chi connectivity index (χ1n) is 9.18. The predicted molar refractivity (Wildman–Crippen MR) is 117 cm³/mol. The highest BCUT2D eigenvalue weighted by Crippen LogP contribution is 2.27. The zero-order valence-corrected chi connectivity index (χ0v) is 19.2. The first kappa shape index (κ1) is 21.8. The number of aliphatic imine (C=N–C) groups is 1. The Balaban J connectivity index is 0.00000243. The van der Waals surface area contributed by atoms with Gasteiger partial charge in [-0.2, -0.15) is 0 Å². The lowest BCUT2D eigenvalue weighted by molar-refractivity contribution is -0.0857. The molecule has 8 heteroatoms. The molecule has 1 fully saturated rings. The lowest BCUT2D eigenvalue weighted by Gasteiger charge is -2.37. The lowest BCUT2D eigenvalue weighted by Crippen LogP contribution is -2.50. The number of thiazole rings is 1. The molecule has 0 atom stereocenters. The largest absolute Gasteiger partial charge is 0.381 e. The van der Waals surface area contributed by atoms with Gasteiger partial charge in [-0.25, -0.2) is 4.98 Å². The van der Waals surface area contributed by atoms with E-state index in [0.29, 0.717) is 0 Å². The standard InChI is InChI=1S/C18H30N4O2S.HI/c1-19-17(20-13-18(23-3)8-10-24-11-9-18)22(2)12-16-21-14-6-4-5-7-15(14)25-16;/h4-13H2,1-3H3,(H,19,20);1H. The highest BCUT2D eigenvalue weighted by Gasteiger charge is 2.32. The third-order valence-electron chi connectivity index (χ3n) is 5.24. The number of guanidine groups is 1. The lowest BCUT2D eigenvalue weighted by atomic mass is 9.94. The molecule has 2 aliphatic rings. The number of nitrogens with zero attached hydrogens (tertiary/aromatic N) is 3. The van der Waals surface area contributed by atoms with E-state index in [1.807, 2.05) is 18.4 Å². The highest BCUT2D eigenvalue weighted by molar-refractivity contribution is 14.0. The second-order valence-corrected chi connectivity index (χ2v) is 8.11. The first-order chi connectivity index (χ1) is 12.2. The number of aromatic nitrogens is 1. The van der Waals surface area contributed by atoms with Crippen LogP contribution in [0, 0.1) is 0 Å². The summed E-state index contributed by atoms with van der Waals surface area (Å²) in [4.78, 5) is 12.9. The summed E-state index contributed by atoms with van der Waals surface area (Å²) in [6.45, 7) is 3.06. The van der Waals surface area contributed by atoms with E-state index in [1.54, 1.807) is 7.11 Å². The van der Waals surface area contributed by atoms with Gasteiger partial charge in [0, 0.05) is 58.7 Å². The summed E-state index contributed by atoms with van der Waals surface area (Å²) in [7, 11) is 5.69. The Morgan fingerprint density at radius 3 is 2.73 bits per heavy atom. The number of rotatable bonds is 5. The maximum Gasteiger partial charge on any atom is 0.193 e. The molecule has 0 saturated carbocycles. The summed E-state index contributed by atoms with van der Waals surface area (Å²) >= 11 is 1.86. The van der Waals surface area contributed by atoms with Crippen LogP contribution in [0.25, 0.3) is 0 Å². The topological polar surface area (TPSA) is 59.0 Å². The van der Waals surface area contributed by atoms with Crippen molar-refractivity contribution < 1.29 is 9.47 Å². The summed E-state index contributed by atoms with van der Waals surface area (Å²) in [5.74, 6) is 0.885. The molecule has 26 heavy (non-hydrogen) atoms. The molecular formula is C18H31IN4O2S. The van der Waals surface area contributed by atoms with Gasteiger partial charge in [0.15, 0.2) is 5.96 Å². The van der Waals surface area contributed by atoms with Crippen molar-refractivity contribution in [1.82, 2.24) is 15.2 Å². The third kappa shape index (κ3) is 5.30. The van der Waals surface area contributed by atoms with Gasteiger partial charge in [-0.05, 0) is 25.7 Å². The first-order valence-corrected chi connectivity index (χ1v) is 9.99. The molecule has 3 rings (SSSR count). The average Bonchev–Trinajstić information content (AvgIpc) is 3.05. The van der Waals surface area contributed by atoms with Gasteiger partial charge < -0.3 is 19.7 Å². The molecule has 0 radical (unpaired) electrons. The van der Waals surface area contributed by atoms with Crippen LogP contribution in [0.15, 0.2) is 4.99 Å². The molecule has 2 heterocycles. The van der Waals surface area contributed by atoms with E-state index in [4.69, 9.17) is 14.5 Å². The van der Waals surface area contributed by atoms with Crippen molar-refractivity contribution in [2.45, 2.75) is 50.7 Å². The van der Waals surface area contributed by atoms with Crippen LogP contribution in [0.1, 0.15) is 41.3 Å². The molecule has 1 aliphatic carbocycles. The Kier molecular flexibility index (Phi) is 8.56. The number of methoxy groups -OCH3 is 1. The van der Waals surface area contributed by atoms with Gasteiger partial charge >= 0.3 is 0 Å². The van der Waals surface area contributed by atoms with E-state index in [0.717, 1.165) is 51.5 Å². The van der Waals surface area contributed by atoms with Crippen molar-refractivity contribution in [2.75, 3.05) is 41.0 Å². The van der Waals surface area contributed by atoms with Crippen molar-refractivity contribution in [3.63, 3.8) is 0 Å². The van der Waals surface area contributed by atoms with Crippen molar-refractivity contribution in [1.29, 1.82) is 0 Å². The van der Waals surface area contributed by atoms with Gasteiger partial charge in [0.1, 0.15) is 5.01 Å². The normalized spacial score (nSPS) is 19.4. The van der Waals surface area contributed by atoms with Gasteiger partial charge in [-0.1, -0.05) is 0 Å². The van der Waals surface area contributed by atoms with Crippen LogP contribution in [0.2, 0.25) is 0 Å². The summed E-state index contributed by atoms with van der Waals surface area (Å²) in [5, 5.41) is 4.67. The van der Waals surface area contributed by atoms with Crippen LogP contribution in [0.5, 0.6) is 0 Å². The van der Waals surface area contributed by atoms with Crippen molar-refractivity contribution in [2.24, 2.45) is 4.99 Å². The summed E-state index contributed by atoms with van der Waals surface area (Å²) in [6.07, 6.45) is 6.74. The van der Waals surface area contributed by atoms with Gasteiger partial charge in [-0.15, -0.1) is 35.3 Å². The summed E-state index contributed by atoms with van der Waals surface area (Å²) in [6, 6.07) is 0. The SMILES string of the molecule is CN=C(NCC1(OC)CCOCC1)N(C)Cc1nc2c(s1)CCCC2.I. The molecule has 0 spiro atoms. The number of ether oxygens (including phenoxy) is 2. The molecule has 1 N–H and O–H groups in total. The summed E-state index contributed by atoms with van der Waals surface area (Å²) < 4.78 is 11.3. The van der Waals surface area contributed by atoms with Crippen LogP contribution in [0.3, 0.4) is 0 Å². The van der Waals surface area contributed by atoms with Gasteiger partial charge in [0.25, 0.3) is 0 Å². The van der Waals surface area contributed by atoms with E-state index in [-0.39, 0.29) is 29.6 Å². The molecule has 0 aromatic carbocycles. The van der Waals surface area contributed by atoms with E-state index in [2.05, 4.69) is 22.3 Å². The van der Waals surface area contributed by atoms with Gasteiger partial charge in [0.2, 0.25) is 0 Å². The second kappa shape index (κ2) is 10.2. The van der Waals surface area contributed by atoms with E-state index < -0.39 is 0 Å². The van der Waals surface area contributed by atoms with Crippen LogP contribution in [-0.2, 0) is 28.9 Å².